The van der Waals surface area contributed by atoms with Gasteiger partial charge in [-0.2, -0.15) is 0 Å². The Morgan fingerprint density at radius 3 is 1.75 bits per heavy atom. The van der Waals surface area contributed by atoms with Gasteiger partial charge in [-0.1, -0.05) is 143 Å². The van der Waals surface area contributed by atoms with Crippen LogP contribution in [0, 0.1) is 5.92 Å². The maximum atomic E-state index is 10.2. The van der Waals surface area contributed by atoms with Crippen molar-refractivity contribution in [1.29, 1.82) is 0 Å². The van der Waals surface area contributed by atoms with Crippen molar-refractivity contribution in [2.24, 2.45) is 5.92 Å². The van der Waals surface area contributed by atoms with E-state index in [9.17, 15) is 5.11 Å². The number of halogens is 9. The predicted octanol–water partition coefficient (Wildman–Crippen LogP) is 7.72. The Kier molecular flexibility index (Phi) is 7.98. The zero-order valence-corrected chi connectivity index (χ0v) is 19.1. The molecule has 1 atom stereocenters. The molecule has 0 aliphatic rings. The van der Waals surface area contributed by atoms with E-state index in [1.807, 2.05) is 13.8 Å². The number of alkyl halides is 9. The third-order valence-electron chi connectivity index (χ3n) is 3.37. The van der Waals surface area contributed by atoms with Crippen molar-refractivity contribution in [2.75, 3.05) is 0 Å². The van der Waals surface area contributed by atoms with Gasteiger partial charge in [-0.3, -0.25) is 0 Å². The molecule has 0 bridgehead atoms. The van der Waals surface area contributed by atoms with E-state index in [2.05, 4.69) is 0 Å². The second-order valence-corrected chi connectivity index (χ2v) is 11.8. The maximum Gasteiger partial charge on any atom is 0.226 e. The van der Waals surface area contributed by atoms with Gasteiger partial charge >= 0.3 is 0 Å². The zero-order chi connectivity index (χ0) is 19.1. The Morgan fingerprint density at radius 2 is 1.33 bits per heavy atom. The molecule has 0 heterocycles. The van der Waals surface area contributed by atoms with Crippen LogP contribution in [0.3, 0.4) is 0 Å². The summed E-state index contributed by atoms with van der Waals surface area (Å²) in [7, 11) is 0. The van der Waals surface area contributed by atoms with Crippen LogP contribution in [0.4, 0.5) is 0 Å². The first-order chi connectivity index (χ1) is 10.6. The lowest BCUT2D eigenvalue weighted by molar-refractivity contribution is 0.127. The monoisotopic (exact) mass is 512 g/mol. The second-order valence-electron chi connectivity index (χ2n) is 5.54. The van der Waals surface area contributed by atoms with Gasteiger partial charge in [0, 0.05) is 0 Å². The summed E-state index contributed by atoms with van der Waals surface area (Å²) in [5.74, 6) is -0.0432. The molecule has 0 radical (unpaired) electrons. The van der Waals surface area contributed by atoms with E-state index in [-0.39, 0.29) is 11.5 Å². The fraction of sp³-hybridized carbons (Fsp3) is 0.571. The lowest BCUT2D eigenvalue weighted by atomic mass is 9.95. The molecule has 1 aromatic rings. The molecule has 1 rings (SSSR count). The van der Waals surface area contributed by atoms with Gasteiger partial charge in [-0.15, -0.1) is 0 Å². The van der Waals surface area contributed by atoms with Crippen LogP contribution in [0.2, 0.25) is 0 Å². The van der Waals surface area contributed by atoms with E-state index in [0.29, 0.717) is 5.56 Å². The third kappa shape index (κ3) is 4.43. The molecular weight excluding hydrogens is 503 g/mol. The van der Waals surface area contributed by atoms with E-state index < -0.39 is 22.9 Å². The highest BCUT2D eigenvalue weighted by Crippen LogP contribution is 2.65. The van der Waals surface area contributed by atoms with E-state index in [0.717, 1.165) is 0 Å². The molecule has 1 nitrogen and oxygen atoms in total. The predicted molar refractivity (Wildman–Crippen MR) is 109 cm³/mol. The van der Waals surface area contributed by atoms with Crippen LogP contribution in [0.15, 0.2) is 24.3 Å². The first kappa shape index (κ1) is 23.8. The molecule has 138 valence electrons. The highest BCUT2D eigenvalue weighted by atomic mass is 35.6. The molecule has 1 aromatic carbocycles. The Hall–Kier alpha value is 1.79. The first-order valence-corrected chi connectivity index (χ1v) is 9.96. The van der Waals surface area contributed by atoms with Crippen LogP contribution in [0.25, 0.3) is 0 Å². The van der Waals surface area contributed by atoms with Crippen LogP contribution >= 0.6 is 104 Å². The molecule has 0 fully saturated rings. The lowest BCUT2D eigenvalue weighted by Crippen LogP contribution is -2.54. The van der Waals surface area contributed by atoms with E-state index in [4.69, 9.17) is 104 Å². The largest absolute Gasteiger partial charge is 0.388 e. The van der Waals surface area contributed by atoms with Crippen molar-refractivity contribution < 1.29 is 5.11 Å². The first-order valence-electron chi connectivity index (χ1n) is 6.56. The van der Waals surface area contributed by atoms with Gasteiger partial charge in [0.2, 0.25) is 8.13 Å². The topological polar surface area (TPSA) is 20.2 Å². The fourth-order valence-electron chi connectivity index (χ4n) is 1.86. The molecule has 0 aliphatic carbocycles. The van der Waals surface area contributed by atoms with Crippen LogP contribution in [0.1, 0.15) is 31.1 Å². The minimum atomic E-state index is -2.36. The lowest BCUT2D eigenvalue weighted by Gasteiger charge is -2.44. The van der Waals surface area contributed by atoms with E-state index in [1.54, 1.807) is 12.1 Å². The summed E-state index contributed by atoms with van der Waals surface area (Å²) in [5, 5.41) is 10.2. The van der Waals surface area contributed by atoms with Gasteiger partial charge in [0.25, 0.3) is 0 Å². The van der Waals surface area contributed by atoms with Gasteiger partial charge in [-0.25, -0.2) is 0 Å². The number of hydrogen-bond acceptors (Lipinski definition) is 1. The van der Waals surface area contributed by atoms with Crippen molar-refractivity contribution in [3.8, 4) is 0 Å². The molecule has 0 amide bonds. The maximum absolute atomic E-state index is 10.2. The SMILES string of the molecule is CC(C)C(O)c1cccc(C(Cl)(Cl)C(Cl)(Cl)C(Cl)(Cl)C(Cl)(Cl)Cl)c1. The van der Waals surface area contributed by atoms with Gasteiger partial charge in [0.05, 0.1) is 6.10 Å². The number of aliphatic hydroxyl groups excluding tert-OH is 1. The Morgan fingerprint density at radius 1 is 0.833 bits per heavy atom. The summed E-state index contributed by atoms with van der Waals surface area (Å²) in [6.07, 6.45) is -0.751. The van der Waals surface area contributed by atoms with Gasteiger partial charge in [-0.05, 0) is 17.0 Å². The number of aliphatic hydroxyl groups is 1. The molecule has 0 aliphatic heterocycles. The van der Waals surface area contributed by atoms with Crippen LogP contribution in [0.5, 0.6) is 0 Å². The zero-order valence-electron chi connectivity index (χ0n) is 12.3. The molecule has 24 heavy (non-hydrogen) atoms. The number of hydrogen-bond donors (Lipinski definition) is 1. The van der Waals surface area contributed by atoms with Crippen LogP contribution in [-0.4, -0.2) is 17.6 Å². The summed E-state index contributed by atoms with van der Waals surface area (Å²) in [6, 6.07) is 6.40. The summed E-state index contributed by atoms with van der Waals surface area (Å²) < 4.78 is -9.03. The Balaban J connectivity index is 3.41. The molecule has 0 aromatic heterocycles. The fourth-order valence-corrected chi connectivity index (χ4v) is 4.07. The van der Waals surface area contributed by atoms with Crippen molar-refractivity contribution in [3.63, 3.8) is 0 Å². The van der Waals surface area contributed by atoms with Crippen molar-refractivity contribution in [2.45, 2.75) is 36.7 Å². The Bertz CT molecular complexity index is 578. The smallest absolute Gasteiger partial charge is 0.226 e. The molecular formula is C14H13Cl9O. The van der Waals surface area contributed by atoms with Crippen LogP contribution in [-0.2, 0) is 4.33 Å². The van der Waals surface area contributed by atoms with Crippen LogP contribution < -0.4 is 0 Å². The van der Waals surface area contributed by atoms with E-state index in [1.165, 1.54) is 12.1 Å². The molecule has 10 heteroatoms. The highest BCUT2D eigenvalue weighted by Gasteiger charge is 2.68. The molecule has 1 unspecified atom stereocenters. The molecule has 0 saturated heterocycles. The summed E-state index contributed by atoms with van der Waals surface area (Å²) >= 11 is 54.7. The summed E-state index contributed by atoms with van der Waals surface area (Å²) in [5.41, 5.74) is 0.786. The van der Waals surface area contributed by atoms with Crippen molar-refractivity contribution in [1.82, 2.24) is 0 Å². The summed E-state index contributed by atoms with van der Waals surface area (Å²) in [6.45, 7) is 3.70. The quantitative estimate of drug-likeness (QED) is 0.398. The normalized spacial score (nSPS) is 15.7. The molecule has 0 spiro atoms. The average molecular weight is 516 g/mol. The van der Waals surface area contributed by atoms with Gasteiger partial charge in [0.15, 0.2) is 8.67 Å². The van der Waals surface area contributed by atoms with Crippen molar-refractivity contribution in [3.05, 3.63) is 35.4 Å². The molecule has 0 saturated carbocycles. The number of benzene rings is 1. The van der Waals surface area contributed by atoms with Gasteiger partial charge in [0.1, 0.15) is 0 Å². The minimum absolute atomic E-state index is 0.0432. The summed E-state index contributed by atoms with van der Waals surface area (Å²) in [4.78, 5) is 0. The van der Waals surface area contributed by atoms with Crippen molar-refractivity contribution >= 4 is 104 Å². The van der Waals surface area contributed by atoms with Gasteiger partial charge < -0.3 is 5.11 Å². The second kappa shape index (κ2) is 8.03. The minimum Gasteiger partial charge on any atom is -0.388 e. The highest BCUT2D eigenvalue weighted by molar-refractivity contribution is 6.80. The third-order valence-corrected chi connectivity index (χ3v) is 8.84. The molecule has 1 N–H and O–H groups in total. The number of rotatable bonds is 5. The van der Waals surface area contributed by atoms with E-state index >= 15 is 0 Å². The standard InChI is InChI=1S/C14H13Cl9O/c1-7(2)10(24)8-4-3-5-9(6-8)11(15,16)12(17,18)13(19,20)14(21,22)23/h3-7,10,24H,1-2H3. The Labute approximate surface area is 186 Å². The average Bonchev–Trinajstić information content (AvgIpc) is 2.44.